The van der Waals surface area contributed by atoms with E-state index in [-0.39, 0.29) is 8.03 Å². The van der Waals surface area contributed by atoms with Gasteiger partial charge in [0.05, 0.1) is 6.61 Å². The Labute approximate surface area is 162 Å². The average Bonchev–Trinajstić information content (AvgIpc) is 2.99. The first kappa shape index (κ1) is 20.1. The van der Waals surface area contributed by atoms with Gasteiger partial charge in [-0.2, -0.15) is 0 Å². The van der Waals surface area contributed by atoms with Gasteiger partial charge in [-0.15, -0.1) is 6.58 Å². The molecule has 4 unspecified atom stereocenters. The minimum Gasteiger partial charge on any atom is -0.392 e. The summed E-state index contributed by atoms with van der Waals surface area (Å²) in [4.78, 5) is 12.2. The van der Waals surface area contributed by atoms with Crippen LogP contribution in [0.4, 0.5) is 0 Å². The van der Waals surface area contributed by atoms with E-state index in [0.29, 0.717) is 22.5 Å². The first-order valence-corrected chi connectivity index (χ1v) is 11.1. The molecular weight excluding hydrogens is 320 g/mol. The number of hydrogen-bond acceptors (Lipinski definition) is 2. The number of Topliss-reactive ketones (excluding diaryl/α,β-unsaturated/α-hetero) is 1. The molecule has 2 heteroatoms. The molecule has 4 fully saturated rings. The highest BCUT2D eigenvalue weighted by Gasteiger charge is 2.60. The highest BCUT2D eigenvalue weighted by Crippen LogP contribution is 2.67. The summed E-state index contributed by atoms with van der Waals surface area (Å²) in [5, 5.41) is 7.76. The summed E-state index contributed by atoms with van der Waals surface area (Å²) in [5.41, 5.74) is 0.974. The number of rotatable bonds is 2. The number of hydrogen-bond donors (Lipinski definition) is 1. The van der Waals surface area contributed by atoms with Gasteiger partial charge >= 0.3 is 0 Å². The molecule has 0 saturated heterocycles. The van der Waals surface area contributed by atoms with Crippen LogP contribution in [0.2, 0.25) is 0 Å². The van der Waals surface area contributed by atoms with Gasteiger partial charge in [0.2, 0.25) is 0 Å². The van der Waals surface area contributed by atoms with E-state index in [1.54, 1.807) is 0 Å². The maximum atomic E-state index is 12.2. The van der Waals surface area contributed by atoms with Crippen molar-refractivity contribution in [1.29, 1.82) is 0 Å². The Hall–Kier alpha value is -0.630. The van der Waals surface area contributed by atoms with Crippen LogP contribution in [0.1, 0.15) is 86.4 Å². The molecule has 4 aliphatic carbocycles. The van der Waals surface area contributed by atoms with Crippen LogP contribution < -0.4 is 0 Å². The third kappa shape index (κ3) is 3.21. The van der Waals surface area contributed by atoms with Gasteiger partial charge in [0, 0.05) is 7.34 Å². The summed E-state index contributed by atoms with van der Waals surface area (Å²) in [5.74, 6) is 4.60. The molecule has 0 radical (unpaired) electrons. The predicted octanol–water partition coefficient (Wildman–Crippen LogP) is 6.04. The highest BCUT2D eigenvalue weighted by molar-refractivity contribution is 5.79. The van der Waals surface area contributed by atoms with Gasteiger partial charge in [0.25, 0.3) is 0 Å². The fraction of sp³-hybridized carbons (Fsp3) is 0.875. The predicted molar refractivity (Wildman–Crippen MR) is 110 cm³/mol. The molecule has 150 valence electrons. The zero-order valence-corrected chi connectivity index (χ0v) is 17.3. The Morgan fingerprint density at radius 3 is 2.38 bits per heavy atom. The van der Waals surface area contributed by atoms with E-state index < -0.39 is 0 Å². The number of ketones is 1. The van der Waals surface area contributed by atoms with Crippen LogP contribution in [-0.4, -0.2) is 17.5 Å². The SMILES string of the molecule is C=CCO.CC(=O)[C@H]1CCC2C3CCC4CCCC[C@]4(C)C3CC[C@@]21C.[HH]. The lowest BCUT2D eigenvalue weighted by Crippen LogP contribution is -2.53. The van der Waals surface area contributed by atoms with E-state index in [4.69, 9.17) is 5.11 Å². The largest absolute Gasteiger partial charge is 0.392 e. The molecule has 1 N–H and O–H groups in total. The lowest BCUT2D eigenvalue weighted by molar-refractivity contribution is -0.133. The zero-order chi connectivity index (χ0) is 18.9. The van der Waals surface area contributed by atoms with Crippen molar-refractivity contribution < 1.29 is 11.3 Å². The molecule has 0 aromatic rings. The number of fused-ring (bicyclic) bond motifs is 5. The molecule has 0 amide bonds. The monoisotopic (exact) mass is 362 g/mol. The van der Waals surface area contributed by atoms with Gasteiger partial charge in [-0.25, -0.2) is 0 Å². The molecule has 0 aromatic heterocycles. The molecular formula is C24H42O2. The molecule has 0 spiro atoms. The van der Waals surface area contributed by atoms with Crippen molar-refractivity contribution in [2.75, 3.05) is 6.61 Å². The fourth-order valence-corrected chi connectivity index (χ4v) is 7.96. The zero-order valence-electron chi connectivity index (χ0n) is 17.3. The van der Waals surface area contributed by atoms with E-state index in [2.05, 4.69) is 20.4 Å². The molecule has 2 nitrogen and oxygen atoms in total. The summed E-state index contributed by atoms with van der Waals surface area (Å²) in [7, 11) is 0. The Morgan fingerprint density at radius 2 is 1.73 bits per heavy atom. The third-order valence-electron chi connectivity index (χ3n) is 9.20. The molecule has 7 atom stereocenters. The van der Waals surface area contributed by atoms with Crippen molar-refractivity contribution in [2.45, 2.75) is 85.0 Å². The topological polar surface area (TPSA) is 37.3 Å². The molecule has 0 aromatic carbocycles. The van der Waals surface area contributed by atoms with Crippen molar-refractivity contribution >= 4 is 5.78 Å². The summed E-state index contributed by atoms with van der Waals surface area (Å²) in [6.45, 7) is 10.3. The van der Waals surface area contributed by atoms with E-state index in [1.807, 2.05) is 6.92 Å². The second kappa shape index (κ2) is 7.78. The average molecular weight is 363 g/mol. The van der Waals surface area contributed by atoms with Gasteiger partial charge in [0.1, 0.15) is 5.78 Å². The van der Waals surface area contributed by atoms with Crippen LogP contribution in [0.3, 0.4) is 0 Å². The van der Waals surface area contributed by atoms with Gasteiger partial charge in [-0.1, -0.05) is 32.8 Å². The first-order valence-electron chi connectivity index (χ1n) is 11.1. The van der Waals surface area contributed by atoms with Crippen molar-refractivity contribution in [1.82, 2.24) is 0 Å². The quantitative estimate of drug-likeness (QED) is 0.608. The number of aliphatic hydroxyl groups excluding tert-OH is 1. The number of carbonyl (C=O) groups excluding carboxylic acids is 1. The number of carbonyl (C=O) groups is 1. The standard InChI is InChI=1S/C21H34O.C3H6O.H2/c1-14(22)17-9-10-18-16-8-7-15-6-4-5-12-20(15,2)19(16)11-13-21(17,18)3;1-2-3-4;/h15-19H,4-13H2,1-3H3;2,4H,1,3H2;1H/t15?,16?,17-,18?,19?,20+,21-;;/m1../s1. The summed E-state index contributed by atoms with van der Waals surface area (Å²) < 4.78 is 0. The van der Waals surface area contributed by atoms with Gasteiger partial charge in [-0.3, -0.25) is 4.79 Å². The Kier molecular flexibility index (Phi) is 6.02. The van der Waals surface area contributed by atoms with Crippen LogP contribution >= 0.6 is 0 Å². The van der Waals surface area contributed by atoms with E-state index >= 15 is 0 Å². The second-order valence-corrected chi connectivity index (χ2v) is 10.2. The first-order chi connectivity index (χ1) is 12.4. The van der Waals surface area contributed by atoms with Crippen molar-refractivity contribution in [3.8, 4) is 0 Å². The Bertz CT molecular complexity index is 532. The van der Waals surface area contributed by atoms with E-state index in [0.717, 1.165) is 23.7 Å². The fourth-order valence-electron chi connectivity index (χ4n) is 7.96. The molecule has 4 saturated carbocycles. The summed E-state index contributed by atoms with van der Waals surface area (Å²) in [6, 6.07) is 0. The minimum atomic E-state index is 0. The molecule has 4 rings (SSSR count). The maximum Gasteiger partial charge on any atom is 0.133 e. The second-order valence-electron chi connectivity index (χ2n) is 10.2. The molecule has 0 heterocycles. The lowest BCUT2D eigenvalue weighted by atomic mass is 9.45. The van der Waals surface area contributed by atoms with Crippen LogP contribution in [0.15, 0.2) is 12.7 Å². The molecule has 0 aliphatic heterocycles. The maximum absolute atomic E-state index is 12.2. The van der Waals surface area contributed by atoms with Crippen molar-refractivity contribution in [3.05, 3.63) is 12.7 Å². The van der Waals surface area contributed by atoms with Gasteiger partial charge in [-0.05, 0) is 92.8 Å². The minimum absolute atomic E-state index is 0. The molecule has 0 bridgehead atoms. The van der Waals surface area contributed by atoms with E-state index in [9.17, 15) is 4.79 Å². The summed E-state index contributed by atoms with van der Waals surface area (Å²) >= 11 is 0. The Balaban J connectivity index is 0.000000479. The Morgan fingerprint density at radius 1 is 1.04 bits per heavy atom. The van der Waals surface area contributed by atoms with Crippen molar-refractivity contribution in [2.24, 2.45) is 40.4 Å². The van der Waals surface area contributed by atoms with Crippen LogP contribution in [0.25, 0.3) is 0 Å². The van der Waals surface area contributed by atoms with Gasteiger partial charge < -0.3 is 5.11 Å². The summed E-state index contributed by atoms with van der Waals surface area (Å²) in [6.07, 6.45) is 15.6. The normalized spacial score (nSPS) is 46.8. The third-order valence-corrected chi connectivity index (χ3v) is 9.20. The smallest absolute Gasteiger partial charge is 0.133 e. The lowest BCUT2D eigenvalue weighted by Gasteiger charge is -2.60. The number of aliphatic hydroxyl groups is 1. The molecule has 26 heavy (non-hydrogen) atoms. The van der Waals surface area contributed by atoms with E-state index in [1.165, 1.54) is 70.3 Å². The molecule has 4 aliphatic rings. The van der Waals surface area contributed by atoms with Crippen molar-refractivity contribution in [3.63, 3.8) is 0 Å². The van der Waals surface area contributed by atoms with Crippen LogP contribution in [-0.2, 0) is 4.79 Å². The van der Waals surface area contributed by atoms with Crippen LogP contribution in [0.5, 0.6) is 0 Å². The van der Waals surface area contributed by atoms with Crippen LogP contribution in [0, 0.1) is 40.4 Å². The highest BCUT2D eigenvalue weighted by atomic mass is 16.2. The van der Waals surface area contributed by atoms with Gasteiger partial charge in [0.15, 0.2) is 0 Å².